The fourth-order valence-electron chi connectivity index (χ4n) is 3.73. The molecule has 0 atom stereocenters. The van der Waals surface area contributed by atoms with E-state index in [9.17, 15) is 0 Å². The van der Waals surface area contributed by atoms with Crippen LogP contribution < -0.4 is 9.47 Å². The van der Waals surface area contributed by atoms with Crippen molar-refractivity contribution in [3.63, 3.8) is 0 Å². The number of rotatable bonds is 8. The number of benzene rings is 2. The molecule has 0 unspecified atom stereocenters. The van der Waals surface area contributed by atoms with Crippen molar-refractivity contribution in [3.8, 4) is 23.0 Å². The summed E-state index contributed by atoms with van der Waals surface area (Å²) >= 11 is 0. The standard InChI is InChI=1S/C25H27N3O3/c1-5-30-22-11-7-6-9-20(22)25-27-21(17(2)31-25)16-28(3)15-18-12-13-23(29-4)24-19(18)10-8-14-26-24/h6-14H,5,15-16H2,1-4H3. The average Bonchev–Trinajstić information content (AvgIpc) is 3.14. The summed E-state index contributed by atoms with van der Waals surface area (Å²) in [6.07, 6.45) is 1.79. The molecule has 6 nitrogen and oxygen atoms in total. The van der Waals surface area contributed by atoms with Gasteiger partial charge in [0.2, 0.25) is 5.89 Å². The first-order valence-electron chi connectivity index (χ1n) is 10.4. The summed E-state index contributed by atoms with van der Waals surface area (Å²) in [7, 11) is 3.75. The van der Waals surface area contributed by atoms with Crippen LogP contribution in [-0.4, -0.2) is 35.6 Å². The molecule has 160 valence electrons. The Balaban J connectivity index is 1.56. The zero-order valence-electron chi connectivity index (χ0n) is 18.4. The molecule has 2 aromatic carbocycles. The van der Waals surface area contributed by atoms with Gasteiger partial charge in [-0.15, -0.1) is 0 Å². The fourth-order valence-corrected chi connectivity index (χ4v) is 3.73. The predicted molar refractivity (Wildman–Crippen MR) is 121 cm³/mol. The third kappa shape index (κ3) is 4.39. The highest BCUT2D eigenvalue weighted by Gasteiger charge is 2.17. The number of methoxy groups -OCH3 is 1. The summed E-state index contributed by atoms with van der Waals surface area (Å²) in [5, 5.41) is 1.09. The highest BCUT2D eigenvalue weighted by atomic mass is 16.5. The van der Waals surface area contributed by atoms with Crippen LogP contribution >= 0.6 is 0 Å². The molecule has 0 bridgehead atoms. The SMILES string of the molecule is CCOc1ccccc1-c1nc(CN(C)Cc2ccc(OC)c3ncccc23)c(C)o1. The second kappa shape index (κ2) is 9.18. The van der Waals surface area contributed by atoms with E-state index in [1.165, 1.54) is 5.56 Å². The van der Waals surface area contributed by atoms with Gasteiger partial charge in [-0.25, -0.2) is 4.98 Å². The van der Waals surface area contributed by atoms with Crippen LogP contribution in [0.25, 0.3) is 22.4 Å². The number of hydrogen-bond acceptors (Lipinski definition) is 6. The smallest absolute Gasteiger partial charge is 0.230 e. The lowest BCUT2D eigenvalue weighted by Crippen LogP contribution is -2.18. The van der Waals surface area contributed by atoms with Crippen molar-refractivity contribution in [2.24, 2.45) is 0 Å². The first kappa shape index (κ1) is 20.9. The molecule has 4 aromatic rings. The van der Waals surface area contributed by atoms with Gasteiger partial charge < -0.3 is 13.9 Å². The van der Waals surface area contributed by atoms with E-state index in [0.717, 1.165) is 46.0 Å². The number of aryl methyl sites for hydroxylation is 1. The molecule has 6 heteroatoms. The Labute approximate surface area is 182 Å². The van der Waals surface area contributed by atoms with E-state index in [1.807, 2.05) is 50.2 Å². The summed E-state index contributed by atoms with van der Waals surface area (Å²) in [6, 6.07) is 15.9. The molecule has 0 aliphatic carbocycles. The van der Waals surface area contributed by atoms with E-state index in [1.54, 1.807) is 13.3 Å². The van der Waals surface area contributed by atoms with E-state index in [0.29, 0.717) is 19.0 Å². The molecule has 4 rings (SSSR count). The molecule has 2 heterocycles. The monoisotopic (exact) mass is 417 g/mol. The van der Waals surface area contributed by atoms with Gasteiger partial charge in [-0.2, -0.15) is 0 Å². The number of nitrogens with zero attached hydrogens (tertiary/aromatic N) is 3. The van der Waals surface area contributed by atoms with Gasteiger partial charge in [-0.3, -0.25) is 9.88 Å². The van der Waals surface area contributed by atoms with Gasteiger partial charge in [-0.1, -0.05) is 24.3 Å². The lowest BCUT2D eigenvalue weighted by Gasteiger charge is -2.17. The summed E-state index contributed by atoms with van der Waals surface area (Å²) in [5.74, 6) is 2.97. The van der Waals surface area contributed by atoms with Crippen LogP contribution in [0, 0.1) is 6.92 Å². The van der Waals surface area contributed by atoms with Gasteiger partial charge in [-0.05, 0) is 50.7 Å². The molecular weight excluding hydrogens is 390 g/mol. The summed E-state index contributed by atoms with van der Waals surface area (Å²) in [5.41, 5.74) is 3.85. The Morgan fingerprint density at radius 1 is 1.00 bits per heavy atom. The number of ether oxygens (including phenoxy) is 2. The third-order valence-corrected chi connectivity index (χ3v) is 5.21. The quantitative estimate of drug-likeness (QED) is 0.391. The first-order valence-corrected chi connectivity index (χ1v) is 10.4. The lowest BCUT2D eigenvalue weighted by atomic mass is 10.1. The predicted octanol–water partition coefficient (Wildman–Crippen LogP) is 5.24. The maximum Gasteiger partial charge on any atom is 0.230 e. The highest BCUT2D eigenvalue weighted by molar-refractivity contribution is 5.87. The first-order chi connectivity index (χ1) is 15.1. The Bertz CT molecular complexity index is 1190. The van der Waals surface area contributed by atoms with Crippen LogP contribution in [0.2, 0.25) is 0 Å². The molecule has 0 aliphatic rings. The van der Waals surface area contributed by atoms with Crippen molar-refractivity contribution >= 4 is 10.9 Å². The zero-order chi connectivity index (χ0) is 21.8. The second-order valence-corrected chi connectivity index (χ2v) is 7.45. The van der Waals surface area contributed by atoms with Gasteiger partial charge >= 0.3 is 0 Å². The molecule has 31 heavy (non-hydrogen) atoms. The normalized spacial score (nSPS) is 11.3. The third-order valence-electron chi connectivity index (χ3n) is 5.21. The molecule has 0 saturated heterocycles. The largest absolute Gasteiger partial charge is 0.494 e. The maximum atomic E-state index is 6.00. The topological polar surface area (TPSA) is 60.6 Å². The minimum Gasteiger partial charge on any atom is -0.494 e. The van der Waals surface area contributed by atoms with Gasteiger partial charge in [0.15, 0.2) is 0 Å². The number of fused-ring (bicyclic) bond motifs is 1. The van der Waals surface area contributed by atoms with Gasteiger partial charge in [0.05, 0.1) is 25.0 Å². The molecule has 0 amide bonds. The van der Waals surface area contributed by atoms with Crippen LogP contribution in [0.4, 0.5) is 0 Å². The number of para-hydroxylation sites is 1. The molecule has 2 aromatic heterocycles. The number of hydrogen-bond donors (Lipinski definition) is 0. The van der Waals surface area contributed by atoms with E-state index < -0.39 is 0 Å². The van der Waals surface area contributed by atoms with Crippen molar-refractivity contribution < 1.29 is 13.9 Å². The molecule has 0 spiro atoms. The van der Waals surface area contributed by atoms with Crippen molar-refractivity contribution in [3.05, 3.63) is 71.7 Å². The van der Waals surface area contributed by atoms with E-state index in [2.05, 4.69) is 29.1 Å². The highest BCUT2D eigenvalue weighted by Crippen LogP contribution is 2.31. The Morgan fingerprint density at radius 2 is 1.84 bits per heavy atom. The van der Waals surface area contributed by atoms with Crippen LogP contribution in [-0.2, 0) is 13.1 Å². The summed E-state index contributed by atoms with van der Waals surface area (Å²) in [4.78, 5) is 11.5. The fraction of sp³-hybridized carbons (Fsp3) is 0.280. The lowest BCUT2D eigenvalue weighted by molar-refractivity contribution is 0.314. The van der Waals surface area contributed by atoms with Crippen LogP contribution in [0.15, 0.2) is 59.1 Å². The minimum absolute atomic E-state index is 0.587. The molecule has 0 radical (unpaired) electrons. The van der Waals surface area contributed by atoms with Crippen LogP contribution in [0.3, 0.4) is 0 Å². The Hall–Kier alpha value is -3.38. The Morgan fingerprint density at radius 3 is 2.65 bits per heavy atom. The summed E-state index contributed by atoms with van der Waals surface area (Å²) in [6.45, 7) is 5.94. The number of pyridine rings is 1. The van der Waals surface area contributed by atoms with Crippen molar-refractivity contribution in [1.29, 1.82) is 0 Å². The number of oxazole rings is 1. The van der Waals surface area contributed by atoms with Crippen molar-refractivity contribution in [1.82, 2.24) is 14.9 Å². The van der Waals surface area contributed by atoms with Gasteiger partial charge in [0.1, 0.15) is 22.8 Å². The summed E-state index contributed by atoms with van der Waals surface area (Å²) < 4.78 is 17.2. The van der Waals surface area contributed by atoms with Gasteiger partial charge in [0, 0.05) is 24.7 Å². The number of aromatic nitrogens is 2. The molecule has 0 N–H and O–H groups in total. The van der Waals surface area contributed by atoms with Crippen LogP contribution in [0.5, 0.6) is 11.5 Å². The zero-order valence-corrected chi connectivity index (χ0v) is 18.4. The van der Waals surface area contributed by atoms with Crippen LogP contribution in [0.1, 0.15) is 23.9 Å². The Kier molecular flexibility index (Phi) is 6.18. The van der Waals surface area contributed by atoms with E-state index in [4.69, 9.17) is 18.9 Å². The molecule has 0 aliphatic heterocycles. The average molecular weight is 418 g/mol. The van der Waals surface area contributed by atoms with E-state index in [-0.39, 0.29) is 0 Å². The van der Waals surface area contributed by atoms with Gasteiger partial charge in [0.25, 0.3) is 0 Å². The van der Waals surface area contributed by atoms with Crippen molar-refractivity contribution in [2.75, 3.05) is 20.8 Å². The second-order valence-electron chi connectivity index (χ2n) is 7.45. The molecule has 0 fully saturated rings. The van der Waals surface area contributed by atoms with Crippen molar-refractivity contribution in [2.45, 2.75) is 26.9 Å². The molecule has 0 saturated carbocycles. The maximum absolute atomic E-state index is 6.00. The van der Waals surface area contributed by atoms with E-state index >= 15 is 0 Å². The minimum atomic E-state index is 0.587. The molecular formula is C25H27N3O3.